The Hall–Kier alpha value is -3.13. The summed E-state index contributed by atoms with van der Waals surface area (Å²) in [5, 5.41) is 20.1. The number of carbonyl (C=O) groups is 3. The molecule has 0 fully saturated rings. The fraction of sp³-hybridized carbons (Fsp3) is 0.400. The van der Waals surface area contributed by atoms with Gasteiger partial charge in [-0.1, -0.05) is 45.0 Å². The van der Waals surface area contributed by atoms with Crippen LogP contribution in [-0.2, 0) is 27.2 Å². The molecule has 8 heteroatoms. The van der Waals surface area contributed by atoms with Crippen molar-refractivity contribution < 1.29 is 33.9 Å². The van der Waals surface area contributed by atoms with E-state index in [0.717, 1.165) is 0 Å². The van der Waals surface area contributed by atoms with Crippen molar-refractivity contribution in [1.29, 1.82) is 0 Å². The quantitative estimate of drug-likeness (QED) is 0.466. The number of rotatable bonds is 8. The fourth-order valence-electron chi connectivity index (χ4n) is 3.77. The summed E-state index contributed by atoms with van der Waals surface area (Å²) < 4.78 is 10.9. The maximum Gasteiger partial charge on any atom is 0.526 e. The maximum atomic E-state index is 12.6. The third-order valence-electron chi connectivity index (χ3n) is 5.64. The molecule has 0 aromatic heterocycles. The molecule has 2 aromatic carbocycles. The summed E-state index contributed by atoms with van der Waals surface area (Å²) in [5.41, 5.74) is 1.08. The summed E-state index contributed by atoms with van der Waals surface area (Å²) >= 11 is 0. The summed E-state index contributed by atoms with van der Waals surface area (Å²) in [6.07, 6.45) is 0.729. The van der Waals surface area contributed by atoms with Gasteiger partial charge >= 0.3 is 13.1 Å². The zero-order chi connectivity index (χ0) is 24.2. The summed E-state index contributed by atoms with van der Waals surface area (Å²) in [5.74, 6) is -0.838. The average molecular weight is 452 g/mol. The van der Waals surface area contributed by atoms with Gasteiger partial charge in [0.1, 0.15) is 28.6 Å². The van der Waals surface area contributed by atoms with Gasteiger partial charge in [0.05, 0.1) is 6.61 Å². The number of ketones is 2. The first-order valence-electron chi connectivity index (χ1n) is 11.0. The lowest BCUT2D eigenvalue weighted by atomic mass is 9.64. The topological polar surface area (TPSA) is 110 Å². The Bertz CT molecular complexity index is 1040. The van der Waals surface area contributed by atoms with Crippen LogP contribution in [0.25, 0.3) is 0 Å². The van der Waals surface area contributed by atoms with Crippen molar-refractivity contribution in [3.63, 3.8) is 0 Å². The monoisotopic (exact) mass is 452 g/mol. The van der Waals surface area contributed by atoms with Gasteiger partial charge in [0.2, 0.25) is 0 Å². The number of phenols is 1. The molecule has 0 amide bonds. The van der Waals surface area contributed by atoms with Crippen LogP contribution in [0.5, 0.6) is 11.5 Å². The van der Waals surface area contributed by atoms with Gasteiger partial charge in [0.25, 0.3) is 0 Å². The molecule has 174 valence electrons. The number of hydrogen-bond donors (Lipinski definition) is 2. The van der Waals surface area contributed by atoms with Gasteiger partial charge in [-0.3, -0.25) is 9.59 Å². The first-order valence-corrected chi connectivity index (χ1v) is 11.0. The molecule has 0 aliphatic carbocycles. The lowest BCUT2D eigenvalue weighted by Gasteiger charge is -2.28. The number of fused-ring (bicyclic) bond motifs is 1. The SMILES string of the molecule is CC(C)(C)C(=O)CCOC(=O)c1cccc2c1OB(O)[C@@H](CC(=O)Cc1cccc(O)c1)C2. The van der Waals surface area contributed by atoms with Crippen LogP contribution in [0.2, 0.25) is 5.82 Å². The van der Waals surface area contributed by atoms with Crippen molar-refractivity contribution in [2.75, 3.05) is 6.61 Å². The van der Waals surface area contributed by atoms with Crippen LogP contribution in [0, 0.1) is 5.41 Å². The third kappa shape index (κ3) is 6.45. The molecule has 2 aromatic rings. The number of aromatic hydroxyl groups is 1. The van der Waals surface area contributed by atoms with Gasteiger partial charge in [0.15, 0.2) is 0 Å². The summed E-state index contributed by atoms with van der Waals surface area (Å²) in [7, 11) is -1.25. The van der Waals surface area contributed by atoms with Gasteiger partial charge in [-0.15, -0.1) is 0 Å². The molecular formula is C25H29BO7. The second kappa shape index (κ2) is 10.2. The van der Waals surface area contributed by atoms with Crippen molar-refractivity contribution in [3.8, 4) is 11.5 Å². The second-order valence-corrected chi connectivity index (χ2v) is 9.42. The Kier molecular flexibility index (Phi) is 7.59. The highest BCUT2D eigenvalue weighted by Gasteiger charge is 2.38. The lowest BCUT2D eigenvalue weighted by molar-refractivity contribution is -0.127. The Balaban J connectivity index is 1.62. The first kappa shape index (κ1) is 24.5. The molecule has 3 rings (SSSR count). The fourth-order valence-corrected chi connectivity index (χ4v) is 3.77. The van der Waals surface area contributed by atoms with Crippen molar-refractivity contribution in [2.45, 2.75) is 52.3 Å². The highest BCUT2D eigenvalue weighted by Crippen LogP contribution is 2.36. The van der Waals surface area contributed by atoms with Crippen LogP contribution in [0.15, 0.2) is 42.5 Å². The van der Waals surface area contributed by atoms with Crippen LogP contribution < -0.4 is 4.65 Å². The second-order valence-electron chi connectivity index (χ2n) is 9.42. The molecule has 0 spiro atoms. The van der Waals surface area contributed by atoms with Crippen molar-refractivity contribution in [2.24, 2.45) is 5.41 Å². The van der Waals surface area contributed by atoms with E-state index in [-0.39, 0.29) is 54.5 Å². The zero-order valence-corrected chi connectivity index (χ0v) is 19.2. The number of benzene rings is 2. The Morgan fingerprint density at radius 1 is 1.15 bits per heavy atom. The van der Waals surface area contributed by atoms with E-state index in [9.17, 15) is 24.5 Å². The van der Waals surface area contributed by atoms with Crippen molar-refractivity contribution in [1.82, 2.24) is 0 Å². The molecule has 1 aliphatic heterocycles. The normalized spacial score (nSPS) is 15.4. The molecule has 0 radical (unpaired) electrons. The minimum Gasteiger partial charge on any atom is -0.535 e. The minimum atomic E-state index is -1.25. The van der Waals surface area contributed by atoms with E-state index in [4.69, 9.17) is 9.39 Å². The molecule has 0 saturated carbocycles. The minimum absolute atomic E-state index is 0.00436. The summed E-state index contributed by atoms with van der Waals surface area (Å²) in [4.78, 5) is 37.1. The Labute approximate surface area is 193 Å². The van der Waals surface area contributed by atoms with Gasteiger partial charge < -0.3 is 19.5 Å². The zero-order valence-electron chi connectivity index (χ0n) is 19.2. The average Bonchev–Trinajstić information content (AvgIpc) is 2.73. The number of carbonyl (C=O) groups excluding carboxylic acids is 3. The molecule has 0 unspecified atom stereocenters. The lowest BCUT2D eigenvalue weighted by Crippen LogP contribution is -2.36. The van der Waals surface area contributed by atoms with Crippen molar-refractivity contribution in [3.05, 3.63) is 59.2 Å². The van der Waals surface area contributed by atoms with Crippen LogP contribution in [0.1, 0.15) is 55.1 Å². The Morgan fingerprint density at radius 3 is 2.58 bits per heavy atom. The number of hydrogen-bond acceptors (Lipinski definition) is 7. The molecular weight excluding hydrogens is 423 g/mol. The molecule has 2 N–H and O–H groups in total. The Morgan fingerprint density at radius 2 is 1.88 bits per heavy atom. The number of Topliss-reactive ketones (excluding diaryl/α,β-unsaturated/α-hetero) is 2. The van der Waals surface area contributed by atoms with Crippen LogP contribution in [0.4, 0.5) is 0 Å². The van der Waals surface area contributed by atoms with Crippen molar-refractivity contribution >= 4 is 24.7 Å². The molecule has 1 heterocycles. The smallest absolute Gasteiger partial charge is 0.526 e. The third-order valence-corrected chi connectivity index (χ3v) is 5.64. The predicted octanol–water partition coefficient (Wildman–Crippen LogP) is 3.54. The molecule has 1 atom stereocenters. The van der Waals surface area contributed by atoms with E-state index in [1.807, 2.05) is 20.8 Å². The van der Waals surface area contributed by atoms with Crippen LogP contribution >= 0.6 is 0 Å². The van der Waals surface area contributed by atoms with Gasteiger partial charge in [-0.2, -0.15) is 0 Å². The number of ether oxygens (including phenoxy) is 1. The predicted molar refractivity (Wildman–Crippen MR) is 123 cm³/mol. The summed E-state index contributed by atoms with van der Waals surface area (Å²) in [6, 6.07) is 11.5. The highest BCUT2D eigenvalue weighted by atomic mass is 16.5. The van der Waals surface area contributed by atoms with Gasteiger partial charge in [0, 0.05) is 30.5 Å². The first-order chi connectivity index (χ1) is 15.5. The van der Waals surface area contributed by atoms with Crippen LogP contribution in [0.3, 0.4) is 0 Å². The van der Waals surface area contributed by atoms with Crippen LogP contribution in [-0.4, -0.2) is 41.4 Å². The molecule has 0 bridgehead atoms. The van der Waals surface area contributed by atoms with Gasteiger partial charge in [-0.25, -0.2) is 4.79 Å². The molecule has 7 nitrogen and oxygen atoms in total. The molecule has 0 saturated heterocycles. The number of para-hydroxylation sites is 1. The number of phenolic OH excluding ortho intramolecular Hbond substituents is 1. The molecule has 1 aliphatic rings. The molecule has 33 heavy (non-hydrogen) atoms. The maximum absolute atomic E-state index is 12.6. The highest BCUT2D eigenvalue weighted by molar-refractivity contribution is 6.47. The number of esters is 1. The summed E-state index contributed by atoms with van der Waals surface area (Å²) in [6.45, 7) is 5.40. The van der Waals surface area contributed by atoms with E-state index >= 15 is 0 Å². The van der Waals surface area contributed by atoms with Gasteiger partial charge in [-0.05, 0) is 35.7 Å². The van der Waals surface area contributed by atoms with E-state index < -0.39 is 24.3 Å². The standard InChI is InChI=1S/C25H29BO7/c1-25(2,3)22(29)10-11-32-24(30)21-9-5-7-17-14-18(26(31)33-23(17)21)15-20(28)13-16-6-4-8-19(27)12-16/h4-9,12,18,27,31H,10-11,13-15H2,1-3H3/t18-/m1/s1. The van der Waals surface area contributed by atoms with E-state index in [1.165, 1.54) is 12.1 Å². The largest absolute Gasteiger partial charge is 0.535 e. The van der Waals surface area contributed by atoms with E-state index in [0.29, 0.717) is 17.5 Å². The van der Waals surface area contributed by atoms with E-state index in [2.05, 4.69) is 0 Å². The van der Waals surface area contributed by atoms with E-state index in [1.54, 1.807) is 30.3 Å².